The smallest absolute Gasteiger partial charge is 0.267 e. The predicted octanol–water partition coefficient (Wildman–Crippen LogP) is 2.23. The zero-order valence-corrected chi connectivity index (χ0v) is 18.2. The van der Waals surface area contributed by atoms with Crippen molar-refractivity contribution >= 4 is 32.7 Å². The van der Waals surface area contributed by atoms with Crippen LogP contribution in [0.2, 0.25) is 0 Å². The van der Waals surface area contributed by atoms with Crippen LogP contribution in [0.3, 0.4) is 0 Å². The number of aryl methyl sites for hydroxylation is 1. The van der Waals surface area contributed by atoms with Crippen molar-refractivity contribution < 1.29 is 18.0 Å². The molecule has 1 N–H and O–H groups in total. The van der Waals surface area contributed by atoms with Gasteiger partial charge in [-0.05, 0) is 55.0 Å². The molecule has 0 spiro atoms. The third-order valence-electron chi connectivity index (χ3n) is 4.64. The second kappa shape index (κ2) is 8.80. The molecule has 0 fully saturated rings. The average molecular weight is 432 g/mol. The minimum Gasteiger partial charge on any atom is -0.382 e. The van der Waals surface area contributed by atoms with Crippen LogP contribution in [0.25, 0.3) is 11.0 Å². The van der Waals surface area contributed by atoms with Crippen molar-refractivity contribution in [1.82, 2.24) is 19.5 Å². The van der Waals surface area contributed by atoms with Crippen LogP contribution >= 0.6 is 0 Å². The predicted molar refractivity (Wildman–Crippen MR) is 113 cm³/mol. The Morgan fingerprint density at radius 1 is 1.20 bits per heavy atom. The first-order valence-corrected chi connectivity index (χ1v) is 11.1. The topological polar surface area (TPSA) is 106 Å². The molecule has 1 atom stereocenters. The second-order valence-electron chi connectivity index (χ2n) is 6.81. The second-order valence-corrected chi connectivity index (χ2v) is 8.75. The Labute approximate surface area is 175 Å². The van der Waals surface area contributed by atoms with Crippen LogP contribution in [0, 0.1) is 6.92 Å². The average Bonchev–Trinajstić information content (AvgIpc) is 3.10. The maximum atomic E-state index is 12.8. The summed E-state index contributed by atoms with van der Waals surface area (Å²) in [6.07, 6.45) is -0.890. The summed E-state index contributed by atoms with van der Waals surface area (Å²) in [7, 11) is -3.65. The van der Waals surface area contributed by atoms with E-state index >= 15 is 0 Å². The fourth-order valence-electron chi connectivity index (χ4n) is 2.99. The number of carbonyl (C=O) groups is 1. The Balaban J connectivity index is 1.83. The van der Waals surface area contributed by atoms with Gasteiger partial charge in [-0.3, -0.25) is 4.79 Å². The number of sulfonamides is 1. The molecule has 3 rings (SSSR count). The van der Waals surface area contributed by atoms with Gasteiger partial charge in [0.15, 0.2) is 0 Å². The van der Waals surface area contributed by atoms with Gasteiger partial charge in [0.2, 0.25) is 16.1 Å². The van der Waals surface area contributed by atoms with E-state index in [2.05, 4.69) is 15.6 Å². The van der Waals surface area contributed by atoms with Crippen molar-refractivity contribution in [2.75, 3.05) is 18.4 Å². The summed E-state index contributed by atoms with van der Waals surface area (Å²) in [5.41, 5.74) is 2.50. The van der Waals surface area contributed by atoms with Crippen molar-refractivity contribution in [1.29, 1.82) is 0 Å². The Bertz CT molecular complexity index is 1150. The minimum atomic E-state index is -3.65. The lowest BCUT2D eigenvalue weighted by Crippen LogP contribution is -2.35. The first-order chi connectivity index (χ1) is 14.3. The van der Waals surface area contributed by atoms with Crippen molar-refractivity contribution in [3.63, 3.8) is 0 Å². The molecule has 0 aliphatic carbocycles. The van der Waals surface area contributed by atoms with Gasteiger partial charge in [-0.15, -0.1) is 5.10 Å². The largest absolute Gasteiger partial charge is 0.382 e. The molecular weight excluding hydrogens is 406 g/mol. The van der Waals surface area contributed by atoms with Crippen LogP contribution in [0.15, 0.2) is 47.4 Å². The normalized spacial score (nSPS) is 12.8. The van der Waals surface area contributed by atoms with Crippen LogP contribution in [0.4, 0.5) is 5.69 Å². The van der Waals surface area contributed by atoms with Crippen LogP contribution < -0.4 is 10.2 Å². The Hall–Kier alpha value is -2.98. The van der Waals surface area contributed by atoms with Gasteiger partial charge in [0.05, 0.1) is 4.90 Å². The first kappa shape index (κ1) is 21.7. The third kappa shape index (κ3) is 4.44. The number of benzene rings is 2. The van der Waals surface area contributed by atoms with E-state index in [1.165, 1.54) is 16.4 Å². The molecule has 0 radical (unpaired) electrons. The van der Waals surface area contributed by atoms with Crippen molar-refractivity contribution in [2.45, 2.75) is 38.7 Å². The summed E-state index contributed by atoms with van der Waals surface area (Å²) in [5.74, 6) is -0.365. The SMILES string of the molecule is CCN(CC)S(=O)(=O)c1ccc2nnn(OC(C)C(=O)Nc3cccc(C)c3)c2c1. The Morgan fingerprint density at radius 3 is 2.60 bits per heavy atom. The minimum absolute atomic E-state index is 0.114. The summed E-state index contributed by atoms with van der Waals surface area (Å²) in [4.78, 5) is 19.3. The highest BCUT2D eigenvalue weighted by molar-refractivity contribution is 7.89. The standard InChI is InChI=1S/C20H25N5O4S/c1-5-24(6-2)30(27,28)17-10-11-18-19(13-17)25(23-22-18)29-15(4)20(26)21-16-9-7-8-14(3)12-16/h7-13,15H,5-6H2,1-4H3,(H,21,26). The molecule has 30 heavy (non-hydrogen) atoms. The Morgan fingerprint density at radius 2 is 1.93 bits per heavy atom. The van der Waals surface area contributed by atoms with E-state index in [1.807, 2.05) is 25.1 Å². The molecule has 9 nitrogen and oxygen atoms in total. The van der Waals surface area contributed by atoms with Gasteiger partial charge < -0.3 is 10.2 Å². The van der Waals surface area contributed by atoms with Crippen LogP contribution in [0.1, 0.15) is 26.3 Å². The van der Waals surface area contributed by atoms with Gasteiger partial charge in [-0.2, -0.15) is 4.31 Å². The molecule has 10 heteroatoms. The van der Waals surface area contributed by atoms with E-state index in [1.54, 1.807) is 32.9 Å². The van der Waals surface area contributed by atoms with E-state index < -0.39 is 16.1 Å². The van der Waals surface area contributed by atoms with Crippen molar-refractivity contribution in [3.05, 3.63) is 48.0 Å². The number of aromatic nitrogens is 3. The molecule has 1 heterocycles. The van der Waals surface area contributed by atoms with E-state index in [9.17, 15) is 13.2 Å². The maximum absolute atomic E-state index is 12.8. The molecule has 0 aliphatic heterocycles. The fraction of sp³-hybridized carbons (Fsp3) is 0.350. The molecule has 0 bridgehead atoms. The van der Waals surface area contributed by atoms with Crippen molar-refractivity contribution in [3.8, 4) is 0 Å². The van der Waals surface area contributed by atoms with E-state index in [0.29, 0.717) is 29.8 Å². The van der Waals surface area contributed by atoms with Crippen LogP contribution in [-0.4, -0.2) is 53.0 Å². The monoisotopic (exact) mass is 431 g/mol. The van der Waals surface area contributed by atoms with Crippen molar-refractivity contribution in [2.24, 2.45) is 0 Å². The van der Waals surface area contributed by atoms with Gasteiger partial charge in [0.25, 0.3) is 5.91 Å². The quantitative estimate of drug-likeness (QED) is 0.586. The summed E-state index contributed by atoms with van der Waals surface area (Å²) in [5, 5.41) is 10.7. The van der Waals surface area contributed by atoms with Gasteiger partial charge in [0, 0.05) is 18.8 Å². The zero-order chi connectivity index (χ0) is 21.9. The number of amides is 1. The summed E-state index contributed by atoms with van der Waals surface area (Å²) in [6.45, 7) is 7.80. The number of rotatable bonds is 8. The lowest BCUT2D eigenvalue weighted by Gasteiger charge is -2.18. The molecule has 1 unspecified atom stereocenters. The lowest BCUT2D eigenvalue weighted by molar-refractivity contribution is -0.127. The molecule has 0 saturated carbocycles. The highest BCUT2D eigenvalue weighted by Gasteiger charge is 2.24. The van der Waals surface area contributed by atoms with Gasteiger partial charge in [0.1, 0.15) is 11.0 Å². The molecule has 3 aromatic rings. The lowest BCUT2D eigenvalue weighted by atomic mass is 10.2. The zero-order valence-electron chi connectivity index (χ0n) is 17.4. The Kier molecular flexibility index (Phi) is 6.37. The number of anilines is 1. The summed E-state index contributed by atoms with van der Waals surface area (Å²) in [6, 6.07) is 11.9. The number of hydrogen-bond acceptors (Lipinski definition) is 6. The molecule has 0 aliphatic rings. The molecule has 160 valence electrons. The van der Waals surface area contributed by atoms with E-state index in [0.717, 1.165) is 10.4 Å². The van der Waals surface area contributed by atoms with Crippen LogP contribution in [0.5, 0.6) is 0 Å². The number of nitrogens with one attached hydrogen (secondary N) is 1. The number of nitrogens with zero attached hydrogens (tertiary/aromatic N) is 4. The number of hydrogen-bond donors (Lipinski definition) is 1. The number of fused-ring (bicyclic) bond motifs is 1. The van der Waals surface area contributed by atoms with E-state index in [-0.39, 0.29) is 10.8 Å². The first-order valence-electron chi connectivity index (χ1n) is 9.66. The summed E-state index contributed by atoms with van der Waals surface area (Å²) >= 11 is 0. The highest BCUT2D eigenvalue weighted by Crippen LogP contribution is 2.20. The maximum Gasteiger partial charge on any atom is 0.267 e. The van der Waals surface area contributed by atoms with Gasteiger partial charge >= 0.3 is 0 Å². The summed E-state index contributed by atoms with van der Waals surface area (Å²) < 4.78 is 27.0. The molecule has 1 amide bonds. The molecule has 0 saturated heterocycles. The highest BCUT2D eigenvalue weighted by atomic mass is 32.2. The number of carbonyl (C=O) groups excluding carboxylic acids is 1. The van der Waals surface area contributed by atoms with Crippen LogP contribution in [-0.2, 0) is 14.8 Å². The van der Waals surface area contributed by atoms with E-state index in [4.69, 9.17) is 4.84 Å². The fourth-order valence-corrected chi connectivity index (χ4v) is 4.47. The molecular formula is C20H25N5O4S. The molecule has 2 aromatic carbocycles. The molecule has 1 aromatic heterocycles. The van der Waals surface area contributed by atoms with Gasteiger partial charge in [-0.25, -0.2) is 8.42 Å². The van der Waals surface area contributed by atoms with Gasteiger partial charge in [-0.1, -0.05) is 30.8 Å². The third-order valence-corrected chi connectivity index (χ3v) is 6.69.